The molecule has 0 aliphatic rings. The van der Waals surface area contributed by atoms with E-state index in [1.165, 1.54) is 6.07 Å². The van der Waals surface area contributed by atoms with Gasteiger partial charge in [-0.25, -0.2) is 4.98 Å². The minimum atomic E-state index is -0.578. The van der Waals surface area contributed by atoms with Gasteiger partial charge in [0.2, 0.25) is 0 Å². The predicted octanol–water partition coefficient (Wildman–Crippen LogP) is 2.09. The van der Waals surface area contributed by atoms with Crippen LogP contribution >= 0.6 is 0 Å². The Bertz CT molecular complexity index is 471. The van der Waals surface area contributed by atoms with Crippen molar-refractivity contribution in [3.63, 3.8) is 0 Å². The lowest BCUT2D eigenvalue weighted by Crippen LogP contribution is -2.12. The third-order valence-electron chi connectivity index (χ3n) is 2.39. The number of ether oxygens (including phenoxy) is 1. The molecule has 0 aromatic carbocycles. The summed E-state index contributed by atoms with van der Waals surface area (Å²) in [5.74, 6) is 0.340. The smallest absolute Gasteiger partial charge is 0.289 e. The number of anilines is 1. The van der Waals surface area contributed by atoms with Crippen molar-refractivity contribution < 1.29 is 9.66 Å². The zero-order chi connectivity index (χ0) is 14.1. The molecule has 7 heteroatoms. The second kappa shape index (κ2) is 8.00. The first-order chi connectivity index (χ1) is 9.19. The highest BCUT2D eigenvalue weighted by molar-refractivity contribution is 5.55. The summed E-state index contributed by atoms with van der Waals surface area (Å²) in [6.45, 7) is 3.80. The molecule has 0 atom stereocenters. The van der Waals surface area contributed by atoms with Crippen LogP contribution in [0, 0.1) is 21.4 Å². The van der Waals surface area contributed by atoms with Gasteiger partial charge in [-0.2, -0.15) is 5.26 Å². The van der Waals surface area contributed by atoms with E-state index in [0.717, 1.165) is 19.0 Å². The molecule has 0 radical (unpaired) electrons. The maximum absolute atomic E-state index is 10.6. The van der Waals surface area contributed by atoms with Gasteiger partial charge in [0.25, 0.3) is 5.69 Å². The third kappa shape index (κ3) is 4.89. The molecule has 0 amide bonds. The van der Waals surface area contributed by atoms with Crippen molar-refractivity contribution in [3.05, 3.63) is 27.9 Å². The summed E-state index contributed by atoms with van der Waals surface area (Å²) in [5, 5.41) is 22.4. The number of rotatable bonds is 8. The Morgan fingerprint density at radius 3 is 3.00 bits per heavy atom. The Morgan fingerprint density at radius 2 is 2.37 bits per heavy atom. The van der Waals surface area contributed by atoms with Crippen LogP contribution in [-0.2, 0) is 4.74 Å². The van der Waals surface area contributed by atoms with Crippen molar-refractivity contribution in [1.82, 2.24) is 4.98 Å². The Morgan fingerprint density at radius 1 is 1.58 bits per heavy atom. The first-order valence-electron chi connectivity index (χ1n) is 6.05. The lowest BCUT2D eigenvalue weighted by atomic mass is 10.2. The topological polar surface area (TPSA) is 101 Å². The van der Waals surface area contributed by atoms with Crippen molar-refractivity contribution in [2.45, 2.75) is 19.8 Å². The van der Waals surface area contributed by atoms with E-state index in [1.807, 2.05) is 6.07 Å². The maximum atomic E-state index is 10.6. The molecule has 0 fully saturated rings. The highest BCUT2D eigenvalue weighted by Gasteiger charge is 2.11. The summed E-state index contributed by atoms with van der Waals surface area (Å²) in [5.41, 5.74) is -0.0379. The van der Waals surface area contributed by atoms with Crippen LogP contribution in [0.4, 0.5) is 11.5 Å². The van der Waals surface area contributed by atoms with E-state index in [-0.39, 0.29) is 11.3 Å². The van der Waals surface area contributed by atoms with Crippen molar-refractivity contribution in [2.75, 3.05) is 25.1 Å². The molecule has 0 spiro atoms. The number of nitrogens with zero attached hydrogens (tertiary/aromatic N) is 3. The average molecular weight is 264 g/mol. The second-order valence-corrected chi connectivity index (χ2v) is 3.85. The molecule has 0 unspecified atom stereocenters. The third-order valence-corrected chi connectivity index (χ3v) is 2.39. The Kier molecular flexibility index (Phi) is 6.26. The highest BCUT2D eigenvalue weighted by Crippen LogP contribution is 2.17. The first-order valence-corrected chi connectivity index (χ1v) is 6.05. The molecule has 102 valence electrons. The van der Waals surface area contributed by atoms with Crippen LogP contribution in [0.15, 0.2) is 12.3 Å². The number of pyridine rings is 1. The molecule has 1 aromatic rings. The lowest BCUT2D eigenvalue weighted by Gasteiger charge is -2.07. The maximum Gasteiger partial charge on any atom is 0.289 e. The molecule has 0 saturated carbocycles. The monoisotopic (exact) mass is 264 g/mol. The van der Waals surface area contributed by atoms with Crippen LogP contribution in [-0.4, -0.2) is 29.7 Å². The fraction of sp³-hybridized carbons (Fsp3) is 0.500. The second-order valence-electron chi connectivity index (χ2n) is 3.85. The molecule has 0 bridgehead atoms. The van der Waals surface area contributed by atoms with Crippen LogP contribution in [0.3, 0.4) is 0 Å². The van der Waals surface area contributed by atoms with E-state index < -0.39 is 4.92 Å². The number of nitriles is 1. The summed E-state index contributed by atoms with van der Waals surface area (Å²) in [6.07, 6.45) is 3.22. The normalized spacial score (nSPS) is 9.89. The Balaban J connectivity index is 2.50. The van der Waals surface area contributed by atoms with Crippen molar-refractivity contribution in [1.29, 1.82) is 5.26 Å². The summed E-state index contributed by atoms with van der Waals surface area (Å²) in [6, 6.07) is 3.08. The molecule has 0 aliphatic carbocycles. The number of hydrogen-bond acceptors (Lipinski definition) is 6. The Hall–Kier alpha value is -2.20. The van der Waals surface area contributed by atoms with Gasteiger partial charge in [0.05, 0.1) is 11.5 Å². The molecule has 1 aromatic heterocycles. The van der Waals surface area contributed by atoms with Crippen LogP contribution in [0.1, 0.15) is 25.3 Å². The predicted molar refractivity (Wildman–Crippen MR) is 69.8 cm³/mol. The van der Waals surface area contributed by atoms with Gasteiger partial charge in [-0.05, 0) is 6.42 Å². The zero-order valence-corrected chi connectivity index (χ0v) is 10.8. The molecule has 7 nitrogen and oxygen atoms in total. The molecular formula is C12H16N4O3. The molecule has 0 saturated heterocycles. The summed E-state index contributed by atoms with van der Waals surface area (Å²) in [7, 11) is 0. The Labute approximate surface area is 111 Å². The van der Waals surface area contributed by atoms with E-state index in [1.54, 1.807) is 0 Å². The van der Waals surface area contributed by atoms with E-state index in [2.05, 4.69) is 17.2 Å². The fourth-order valence-electron chi connectivity index (χ4n) is 1.37. The molecule has 0 aliphatic heterocycles. The summed E-state index contributed by atoms with van der Waals surface area (Å²) < 4.78 is 5.35. The molecular weight excluding hydrogens is 248 g/mol. The zero-order valence-electron chi connectivity index (χ0n) is 10.8. The first kappa shape index (κ1) is 14.9. The van der Waals surface area contributed by atoms with Crippen LogP contribution < -0.4 is 5.32 Å². The van der Waals surface area contributed by atoms with Crippen LogP contribution in [0.5, 0.6) is 0 Å². The van der Waals surface area contributed by atoms with Gasteiger partial charge < -0.3 is 10.1 Å². The number of unbranched alkanes of at least 4 members (excludes halogenated alkanes) is 1. The van der Waals surface area contributed by atoms with Crippen molar-refractivity contribution in [3.8, 4) is 6.07 Å². The molecule has 1 N–H and O–H groups in total. The van der Waals surface area contributed by atoms with Crippen LogP contribution in [0.25, 0.3) is 0 Å². The van der Waals surface area contributed by atoms with Gasteiger partial charge in [-0.1, -0.05) is 13.3 Å². The highest BCUT2D eigenvalue weighted by atomic mass is 16.6. The van der Waals surface area contributed by atoms with Gasteiger partial charge in [-0.3, -0.25) is 10.1 Å². The SMILES string of the molecule is CCCCOCCNc1ncc([N+](=O)[O-])cc1C#N. The largest absolute Gasteiger partial charge is 0.380 e. The average Bonchev–Trinajstić information content (AvgIpc) is 2.42. The van der Waals surface area contributed by atoms with Gasteiger partial charge in [-0.15, -0.1) is 0 Å². The van der Waals surface area contributed by atoms with E-state index >= 15 is 0 Å². The summed E-state index contributed by atoms with van der Waals surface area (Å²) >= 11 is 0. The van der Waals surface area contributed by atoms with Gasteiger partial charge >= 0.3 is 0 Å². The number of nitro groups is 1. The fourth-order valence-corrected chi connectivity index (χ4v) is 1.37. The molecule has 1 rings (SSSR count). The van der Waals surface area contributed by atoms with E-state index in [9.17, 15) is 10.1 Å². The standard InChI is InChI=1S/C12H16N4O3/c1-2-3-5-19-6-4-14-12-10(8-13)7-11(9-15-12)16(17)18/h7,9H,2-6H2,1H3,(H,14,15). The van der Waals surface area contributed by atoms with Crippen LogP contribution in [0.2, 0.25) is 0 Å². The minimum absolute atomic E-state index is 0.155. The molecule has 19 heavy (non-hydrogen) atoms. The number of aromatic nitrogens is 1. The van der Waals surface area contributed by atoms with E-state index in [0.29, 0.717) is 25.6 Å². The molecule has 1 heterocycles. The number of nitrogens with one attached hydrogen (secondary N) is 1. The van der Waals surface area contributed by atoms with Crippen molar-refractivity contribution >= 4 is 11.5 Å². The minimum Gasteiger partial charge on any atom is -0.380 e. The van der Waals surface area contributed by atoms with E-state index in [4.69, 9.17) is 10.00 Å². The van der Waals surface area contributed by atoms with Gasteiger partial charge in [0.1, 0.15) is 23.6 Å². The lowest BCUT2D eigenvalue weighted by molar-refractivity contribution is -0.385. The van der Waals surface area contributed by atoms with Gasteiger partial charge in [0, 0.05) is 19.2 Å². The van der Waals surface area contributed by atoms with Crippen molar-refractivity contribution in [2.24, 2.45) is 0 Å². The van der Waals surface area contributed by atoms with Gasteiger partial charge in [0.15, 0.2) is 0 Å². The number of hydrogen-bond donors (Lipinski definition) is 1. The quantitative estimate of drug-likeness (QED) is 0.438. The summed E-state index contributed by atoms with van der Waals surface area (Å²) in [4.78, 5) is 13.9.